The second kappa shape index (κ2) is 7.75. The molecule has 0 amide bonds. The summed E-state index contributed by atoms with van der Waals surface area (Å²) in [6.07, 6.45) is -3.60. The van der Waals surface area contributed by atoms with Crippen LogP contribution in [0, 0.1) is 13.8 Å². The molecule has 0 atom stereocenters. The molecule has 0 aliphatic heterocycles. The van der Waals surface area contributed by atoms with Crippen molar-refractivity contribution in [2.75, 3.05) is 10.0 Å². The van der Waals surface area contributed by atoms with Crippen LogP contribution < -0.4 is 10.0 Å². The standard InChI is InChI=1S/C18H22F3N3O2S/c1-11(2)27(25,26)24-15-7-5-14(6-8-15)9-22-17-13(4)12(3)16(10-23-17)18(19,20)21/h5-8,10-11,24H,9H2,1-4H3,(H,22,23). The Bertz CT molecular complexity index is 909. The van der Waals surface area contributed by atoms with Crippen LogP contribution in [0.5, 0.6) is 0 Å². The number of nitrogens with zero attached hydrogens (tertiary/aromatic N) is 1. The minimum Gasteiger partial charge on any atom is -0.366 e. The first kappa shape index (κ1) is 21.0. The zero-order chi connectivity index (χ0) is 20.4. The van der Waals surface area contributed by atoms with Crippen LogP contribution in [0.3, 0.4) is 0 Å². The van der Waals surface area contributed by atoms with Crippen molar-refractivity contribution in [3.8, 4) is 0 Å². The Hall–Kier alpha value is -2.29. The third kappa shape index (κ3) is 5.12. The summed E-state index contributed by atoms with van der Waals surface area (Å²) in [4.78, 5) is 3.88. The molecule has 0 aliphatic carbocycles. The molecular formula is C18H22F3N3O2S. The molecule has 0 fully saturated rings. The highest BCUT2D eigenvalue weighted by Crippen LogP contribution is 2.34. The Morgan fingerprint density at radius 2 is 1.67 bits per heavy atom. The fraction of sp³-hybridized carbons (Fsp3) is 0.389. The van der Waals surface area contributed by atoms with E-state index in [4.69, 9.17) is 0 Å². The van der Waals surface area contributed by atoms with Gasteiger partial charge in [0.1, 0.15) is 5.82 Å². The maximum atomic E-state index is 12.9. The maximum Gasteiger partial charge on any atom is 0.418 e. The molecule has 2 aromatic rings. The molecule has 0 spiro atoms. The van der Waals surface area contributed by atoms with Gasteiger partial charge in [-0.1, -0.05) is 12.1 Å². The number of hydrogen-bond donors (Lipinski definition) is 2. The van der Waals surface area contributed by atoms with E-state index >= 15 is 0 Å². The lowest BCUT2D eigenvalue weighted by molar-refractivity contribution is -0.138. The molecule has 0 radical (unpaired) electrons. The van der Waals surface area contributed by atoms with Crippen molar-refractivity contribution in [1.29, 1.82) is 0 Å². The lowest BCUT2D eigenvalue weighted by atomic mass is 10.1. The molecule has 0 bridgehead atoms. The van der Waals surface area contributed by atoms with Crippen LogP contribution in [0.25, 0.3) is 0 Å². The SMILES string of the molecule is Cc1c(C(F)(F)F)cnc(NCc2ccc(NS(=O)(=O)C(C)C)cc2)c1C. The number of hydrogen-bond acceptors (Lipinski definition) is 4. The lowest BCUT2D eigenvalue weighted by Crippen LogP contribution is -2.22. The van der Waals surface area contributed by atoms with E-state index in [-0.39, 0.29) is 5.56 Å². The minimum atomic E-state index is -4.43. The van der Waals surface area contributed by atoms with Crippen molar-refractivity contribution in [1.82, 2.24) is 4.98 Å². The molecule has 148 valence electrons. The smallest absolute Gasteiger partial charge is 0.366 e. The van der Waals surface area contributed by atoms with E-state index < -0.39 is 27.0 Å². The summed E-state index contributed by atoms with van der Waals surface area (Å²) in [5.74, 6) is 0.380. The highest BCUT2D eigenvalue weighted by molar-refractivity contribution is 7.93. The molecule has 1 heterocycles. The van der Waals surface area contributed by atoms with E-state index in [0.717, 1.165) is 11.8 Å². The summed E-state index contributed by atoms with van der Waals surface area (Å²) in [6.45, 7) is 6.52. The first-order valence-electron chi connectivity index (χ1n) is 8.29. The molecule has 2 N–H and O–H groups in total. The summed E-state index contributed by atoms with van der Waals surface area (Å²) in [5.41, 5.74) is 1.12. The zero-order valence-electron chi connectivity index (χ0n) is 15.5. The van der Waals surface area contributed by atoms with Gasteiger partial charge < -0.3 is 5.32 Å². The Kier molecular flexibility index (Phi) is 6.04. The van der Waals surface area contributed by atoms with Gasteiger partial charge in [0.25, 0.3) is 0 Å². The number of pyridine rings is 1. The van der Waals surface area contributed by atoms with Crippen LogP contribution in [0.15, 0.2) is 30.5 Å². The van der Waals surface area contributed by atoms with Crippen molar-refractivity contribution >= 4 is 21.5 Å². The van der Waals surface area contributed by atoms with Crippen LogP contribution in [-0.4, -0.2) is 18.7 Å². The summed E-state index contributed by atoms with van der Waals surface area (Å²) in [6, 6.07) is 6.74. The van der Waals surface area contributed by atoms with E-state index in [0.29, 0.717) is 23.6 Å². The Labute approximate surface area is 157 Å². The third-order valence-electron chi connectivity index (χ3n) is 4.24. The fourth-order valence-electron chi connectivity index (χ4n) is 2.32. The average molecular weight is 401 g/mol. The molecule has 0 saturated carbocycles. The van der Waals surface area contributed by atoms with Crippen molar-refractivity contribution in [3.05, 3.63) is 52.7 Å². The van der Waals surface area contributed by atoms with Crippen LogP contribution in [0.2, 0.25) is 0 Å². The second-order valence-corrected chi connectivity index (χ2v) is 8.75. The maximum absolute atomic E-state index is 12.9. The fourth-order valence-corrected chi connectivity index (χ4v) is 3.03. The van der Waals surface area contributed by atoms with E-state index in [2.05, 4.69) is 15.0 Å². The highest BCUT2D eigenvalue weighted by Gasteiger charge is 2.33. The van der Waals surface area contributed by atoms with Gasteiger partial charge in [0.2, 0.25) is 10.0 Å². The molecule has 2 rings (SSSR count). The highest BCUT2D eigenvalue weighted by atomic mass is 32.2. The van der Waals surface area contributed by atoms with Crippen LogP contribution in [0.1, 0.15) is 36.1 Å². The molecule has 5 nitrogen and oxygen atoms in total. The number of alkyl halides is 3. The predicted molar refractivity (Wildman–Crippen MR) is 100 cm³/mol. The molecule has 1 aromatic carbocycles. The monoisotopic (exact) mass is 401 g/mol. The Morgan fingerprint density at radius 1 is 1.07 bits per heavy atom. The predicted octanol–water partition coefficient (Wildman–Crippen LogP) is 4.48. The van der Waals surface area contributed by atoms with Crippen molar-refractivity contribution in [2.45, 2.75) is 45.7 Å². The summed E-state index contributed by atoms with van der Waals surface area (Å²) >= 11 is 0. The van der Waals surface area contributed by atoms with Gasteiger partial charge in [0.05, 0.1) is 10.8 Å². The number of rotatable bonds is 6. The second-order valence-electron chi connectivity index (χ2n) is 6.51. The van der Waals surface area contributed by atoms with Gasteiger partial charge in [0, 0.05) is 18.4 Å². The number of sulfonamides is 1. The zero-order valence-corrected chi connectivity index (χ0v) is 16.3. The van der Waals surface area contributed by atoms with Gasteiger partial charge in [-0.25, -0.2) is 13.4 Å². The Balaban J connectivity index is 2.08. The molecule has 1 aromatic heterocycles. The molecular weight excluding hydrogens is 379 g/mol. The van der Waals surface area contributed by atoms with E-state index in [1.165, 1.54) is 6.92 Å². The number of aromatic nitrogens is 1. The number of benzene rings is 1. The topological polar surface area (TPSA) is 71.1 Å². The molecule has 27 heavy (non-hydrogen) atoms. The van der Waals surface area contributed by atoms with E-state index in [9.17, 15) is 21.6 Å². The number of anilines is 2. The lowest BCUT2D eigenvalue weighted by Gasteiger charge is -2.16. The van der Waals surface area contributed by atoms with Gasteiger partial charge in [-0.15, -0.1) is 0 Å². The summed E-state index contributed by atoms with van der Waals surface area (Å²) < 4.78 is 64.9. The Morgan fingerprint density at radius 3 is 2.19 bits per heavy atom. The van der Waals surface area contributed by atoms with Crippen molar-refractivity contribution < 1.29 is 21.6 Å². The van der Waals surface area contributed by atoms with Gasteiger partial charge in [-0.3, -0.25) is 4.72 Å². The van der Waals surface area contributed by atoms with Crippen LogP contribution in [-0.2, 0) is 22.7 Å². The molecule has 9 heteroatoms. The molecule has 0 unspecified atom stereocenters. The first-order chi connectivity index (χ1) is 12.4. The van der Waals surface area contributed by atoms with Crippen LogP contribution in [0.4, 0.5) is 24.7 Å². The first-order valence-corrected chi connectivity index (χ1v) is 9.84. The molecule has 0 aliphatic rings. The normalized spacial score (nSPS) is 12.3. The summed E-state index contributed by atoms with van der Waals surface area (Å²) in [7, 11) is -3.41. The van der Waals surface area contributed by atoms with Gasteiger partial charge in [0.15, 0.2) is 0 Å². The van der Waals surface area contributed by atoms with E-state index in [1.54, 1.807) is 45.0 Å². The number of nitrogens with one attached hydrogen (secondary N) is 2. The van der Waals surface area contributed by atoms with Crippen molar-refractivity contribution in [3.63, 3.8) is 0 Å². The molecule has 0 saturated heterocycles. The third-order valence-corrected chi connectivity index (χ3v) is 6.01. The number of halogens is 3. The van der Waals surface area contributed by atoms with Gasteiger partial charge >= 0.3 is 6.18 Å². The van der Waals surface area contributed by atoms with Gasteiger partial charge in [-0.2, -0.15) is 13.2 Å². The summed E-state index contributed by atoms with van der Waals surface area (Å²) in [5, 5.41) is 2.47. The largest absolute Gasteiger partial charge is 0.418 e. The quantitative estimate of drug-likeness (QED) is 0.749. The minimum absolute atomic E-state index is 0.137. The van der Waals surface area contributed by atoms with E-state index in [1.807, 2.05) is 0 Å². The average Bonchev–Trinajstić information content (AvgIpc) is 2.56. The van der Waals surface area contributed by atoms with Crippen LogP contribution >= 0.6 is 0 Å². The van der Waals surface area contributed by atoms with Crippen molar-refractivity contribution in [2.24, 2.45) is 0 Å². The van der Waals surface area contributed by atoms with Gasteiger partial charge in [-0.05, 0) is 56.5 Å².